The number of hydrogen-bond acceptors (Lipinski definition) is 4. The Morgan fingerprint density at radius 3 is 2.07 bits per heavy atom. The van der Waals surface area contributed by atoms with Crippen LogP contribution in [0.1, 0.15) is 28.4 Å². The largest absolute Gasteiger partial charge is 0.462 e. The maximum atomic E-state index is 12.6. The number of nitrogens with zero attached hydrogens (tertiary/aromatic N) is 1. The van der Waals surface area contributed by atoms with E-state index in [4.69, 9.17) is 4.74 Å². The Hall–Kier alpha value is -2.39. The highest BCUT2D eigenvalue weighted by Crippen LogP contribution is 2.29. The fraction of sp³-hybridized carbons (Fsp3) is 0.278. The minimum absolute atomic E-state index is 0.0371. The van der Waals surface area contributed by atoms with E-state index < -0.39 is 27.7 Å². The highest BCUT2D eigenvalue weighted by Gasteiger charge is 2.30. The molecule has 0 bridgehead atoms. The smallest absolute Gasteiger partial charge is 0.416 e. The maximum Gasteiger partial charge on any atom is 0.416 e. The molecule has 0 aliphatic heterocycles. The molecule has 0 saturated carbocycles. The average Bonchev–Trinajstić information content (AvgIpc) is 2.61. The lowest BCUT2D eigenvalue weighted by atomic mass is 10.1. The topological polar surface area (TPSA) is 63.7 Å². The van der Waals surface area contributed by atoms with Crippen molar-refractivity contribution in [3.05, 3.63) is 65.2 Å². The number of carbonyl (C=O) groups is 1. The van der Waals surface area contributed by atoms with Crippen molar-refractivity contribution in [3.63, 3.8) is 0 Å². The van der Waals surface area contributed by atoms with Crippen LogP contribution in [0.3, 0.4) is 0 Å². The molecule has 0 radical (unpaired) electrons. The fourth-order valence-electron chi connectivity index (χ4n) is 2.30. The van der Waals surface area contributed by atoms with Crippen LogP contribution in [-0.2, 0) is 27.5 Å². The van der Waals surface area contributed by atoms with Crippen molar-refractivity contribution >= 4 is 16.0 Å². The van der Waals surface area contributed by atoms with Gasteiger partial charge in [0.2, 0.25) is 10.0 Å². The molecule has 0 heterocycles. The number of hydrogen-bond donors (Lipinski definition) is 0. The molecule has 9 heteroatoms. The van der Waals surface area contributed by atoms with Crippen LogP contribution >= 0.6 is 0 Å². The van der Waals surface area contributed by atoms with Gasteiger partial charge in [-0.05, 0) is 48.9 Å². The lowest BCUT2D eigenvalue weighted by molar-refractivity contribution is -0.137. The highest BCUT2D eigenvalue weighted by atomic mass is 32.2. The fourth-order valence-corrected chi connectivity index (χ4v) is 3.46. The van der Waals surface area contributed by atoms with Crippen LogP contribution < -0.4 is 0 Å². The Bertz CT molecular complexity index is 892. The molecule has 0 fully saturated rings. The second-order valence-electron chi connectivity index (χ2n) is 5.70. The Morgan fingerprint density at radius 1 is 1.04 bits per heavy atom. The van der Waals surface area contributed by atoms with Gasteiger partial charge >= 0.3 is 12.1 Å². The summed E-state index contributed by atoms with van der Waals surface area (Å²) in [5.74, 6) is -0.556. The molecule has 27 heavy (non-hydrogen) atoms. The molecule has 2 aromatic rings. The lowest BCUT2D eigenvalue weighted by Gasteiger charge is -2.18. The van der Waals surface area contributed by atoms with Crippen molar-refractivity contribution in [3.8, 4) is 0 Å². The van der Waals surface area contributed by atoms with Crippen LogP contribution in [0.4, 0.5) is 13.2 Å². The van der Waals surface area contributed by atoms with E-state index in [0.29, 0.717) is 5.56 Å². The molecule has 0 aliphatic carbocycles. The Balaban J connectivity index is 2.15. The van der Waals surface area contributed by atoms with Crippen LogP contribution in [0.25, 0.3) is 0 Å². The van der Waals surface area contributed by atoms with Crippen molar-refractivity contribution in [2.45, 2.75) is 24.5 Å². The minimum Gasteiger partial charge on any atom is -0.462 e. The molecule has 5 nitrogen and oxygen atoms in total. The summed E-state index contributed by atoms with van der Waals surface area (Å²) < 4.78 is 68.8. The monoisotopic (exact) mass is 401 g/mol. The number of sulfonamides is 1. The molecular formula is C18H18F3NO4S. The number of halogens is 3. The van der Waals surface area contributed by atoms with Crippen molar-refractivity contribution < 1.29 is 31.1 Å². The number of alkyl halides is 3. The van der Waals surface area contributed by atoms with E-state index in [1.165, 1.54) is 43.4 Å². The summed E-state index contributed by atoms with van der Waals surface area (Å²) in [5.41, 5.74) is -0.162. The molecule has 0 N–H and O–H groups in total. The van der Waals surface area contributed by atoms with E-state index in [2.05, 4.69) is 0 Å². The van der Waals surface area contributed by atoms with Gasteiger partial charge in [-0.25, -0.2) is 13.2 Å². The summed E-state index contributed by atoms with van der Waals surface area (Å²) in [6.07, 6.45) is -4.45. The molecule has 0 saturated heterocycles. The molecule has 0 aromatic heterocycles. The first-order valence-corrected chi connectivity index (χ1v) is 9.39. The van der Waals surface area contributed by atoms with Gasteiger partial charge in [-0.1, -0.05) is 12.1 Å². The van der Waals surface area contributed by atoms with Gasteiger partial charge in [0.15, 0.2) is 0 Å². The normalized spacial score (nSPS) is 12.2. The standard InChI is InChI=1S/C18H18F3NO4S/c1-3-26-17(23)14-6-10-16(11-7-14)27(24,25)22(2)12-13-4-8-15(9-5-13)18(19,20)21/h4-11H,3,12H2,1-2H3. The van der Waals surface area contributed by atoms with Gasteiger partial charge in [-0.2, -0.15) is 17.5 Å². The minimum atomic E-state index is -4.45. The van der Waals surface area contributed by atoms with Crippen molar-refractivity contribution in [1.29, 1.82) is 0 Å². The van der Waals surface area contributed by atoms with Crippen molar-refractivity contribution in [2.75, 3.05) is 13.7 Å². The molecule has 2 aromatic carbocycles. The number of esters is 1. The highest BCUT2D eigenvalue weighted by molar-refractivity contribution is 7.89. The second kappa shape index (κ2) is 8.10. The molecular weight excluding hydrogens is 383 g/mol. The van der Waals surface area contributed by atoms with Crippen LogP contribution in [-0.4, -0.2) is 32.3 Å². The number of benzene rings is 2. The number of carbonyl (C=O) groups excluding carboxylic acids is 1. The molecule has 146 valence electrons. The summed E-state index contributed by atoms with van der Waals surface area (Å²) in [5, 5.41) is 0. The zero-order valence-electron chi connectivity index (χ0n) is 14.7. The maximum absolute atomic E-state index is 12.6. The quantitative estimate of drug-likeness (QED) is 0.693. The third-order valence-corrected chi connectivity index (χ3v) is 5.58. The third kappa shape index (κ3) is 5.08. The number of ether oxygens (including phenoxy) is 1. The first kappa shape index (κ1) is 20.9. The van der Waals surface area contributed by atoms with Crippen molar-refractivity contribution in [2.24, 2.45) is 0 Å². The first-order valence-electron chi connectivity index (χ1n) is 7.95. The van der Waals surface area contributed by atoms with Gasteiger partial charge in [0, 0.05) is 13.6 Å². The molecule has 0 unspecified atom stereocenters. The van der Waals surface area contributed by atoms with Crippen molar-refractivity contribution in [1.82, 2.24) is 4.31 Å². The van der Waals surface area contributed by atoms with Gasteiger partial charge in [0.1, 0.15) is 0 Å². The van der Waals surface area contributed by atoms with E-state index in [0.717, 1.165) is 16.4 Å². The summed E-state index contributed by atoms with van der Waals surface area (Å²) in [6, 6.07) is 9.54. The molecule has 0 amide bonds. The average molecular weight is 401 g/mol. The molecule has 0 aliphatic rings. The van der Waals surface area contributed by atoms with Gasteiger partial charge in [0.05, 0.1) is 22.6 Å². The lowest BCUT2D eigenvalue weighted by Crippen LogP contribution is -2.26. The third-order valence-electron chi connectivity index (χ3n) is 3.76. The molecule has 0 atom stereocenters. The molecule has 2 rings (SSSR count). The molecule has 0 spiro atoms. The van der Waals surface area contributed by atoms with Gasteiger partial charge in [-0.3, -0.25) is 0 Å². The van der Waals surface area contributed by atoms with Crippen LogP contribution in [0, 0.1) is 0 Å². The zero-order chi connectivity index (χ0) is 20.2. The zero-order valence-corrected chi connectivity index (χ0v) is 15.5. The van der Waals surface area contributed by atoms with Crippen LogP contribution in [0.15, 0.2) is 53.4 Å². The Labute approximate surface area is 155 Å². The summed E-state index contributed by atoms with van der Waals surface area (Å²) >= 11 is 0. The van der Waals surface area contributed by atoms with E-state index in [9.17, 15) is 26.4 Å². The number of rotatable bonds is 6. The SMILES string of the molecule is CCOC(=O)c1ccc(S(=O)(=O)N(C)Cc2ccc(C(F)(F)F)cc2)cc1. The summed E-state index contributed by atoms with van der Waals surface area (Å²) in [7, 11) is -2.55. The van der Waals surface area contributed by atoms with Gasteiger partial charge < -0.3 is 4.74 Å². The van der Waals surface area contributed by atoms with Crippen LogP contribution in [0.2, 0.25) is 0 Å². The first-order chi connectivity index (χ1) is 12.6. The van der Waals surface area contributed by atoms with E-state index in [1.807, 2.05) is 0 Å². The van der Waals surface area contributed by atoms with Gasteiger partial charge in [0.25, 0.3) is 0 Å². The second-order valence-corrected chi connectivity index (χ2v) is 7.75. The predicted molar refractivity (Wildman–Crippen MR) is 92.5 cm³/mol. The predicted octanol–water partition coefficient (Wildman–Crippen LogP) is 3.70. The summed E-state index contributed by atoms with van der Waals surface area (Å²) in [6.45, 7) is 1.77. The van der Waals surface area contributed by atoms with E-state index in [1.54, 1.807) is 6.92 Å². The Kier molecular flexibility index (Phi) is 6.27. The van der Waals surface area contributed by atoms with E-state index >= 15 is 0 Å². The van der Waals surface area contributed by atoms with E-state index in [-0.39, 0.29) is 23.6 Å². The Morgan fingerprint density at radius 2 is 1.59 bits per heavy atom. The summed E-state index contributed by atoms with van der Waals surface area (Å²) in [4.78, 5) is 11.6. The van der Waals surface area contributed by atoms with Gasteiger partial charge in [-0.15, -0.1) is 0 Å². The van der Waals surface area contributed by atoms with Crippen LogP contribution in [0.5, 0.6) is 0 Å².